The summed E-state index contributed by atoms with van der Waals surface area (Å²) in [5.74, 6) is -2.17. The molecule has 0 spiro atoms. The fourth-order valence-corrected chi connectivity index (χ4v) is 3.19. The number of hydrogen-bond acceptors (Lipinski definition) is 2. The van der Waals surface area contributed by atoms with E-state index in [0.717, 1.165) is 25.7 Å². The molecule has 2 aliphatic rings. The van der Waals surface area contributed by atoms with Gasteiger partial charge in [0.15, 0.2) is 11.6 Å². The summed E-state index contributed by atoms with van der Waals surface area (Å²) in [5.41, 5.74) is 0.234. The summed E-state index contributed by atoms with van der Waals surface area (Å²) in [7, 11) is 0. The summed E-state index contributed by atoms with van der Waals surface area (Å²) in [6, 6.07) is 2.06. The molecule has 2 atom stereocenters. The quantitative estimate of drug-likeness (QED) is 0.829. The maximum atomic E-state index is 13.6. The standard InChI is InChI=1S/C14H17F3N2/c15-11-5-13(17)12(16)4-10(11)7-19-6-9-2-1-3-18-14(9)8-19/h4-5,9,14,18H,1-3,6-8H2. The van der Waals surface area contributed by atoms with Crippen LogP contribution in [0.25, 0.3) is 0 Å². The SMILES string of the molecule is Fc1cc(F)c(CN2CC3CCCNC3C2)cc1F. The van der Waals surface area contributed by atoms with Gasteiger partial charge in [-0.2, -0.15) is 0 Å². The molecule has 1 aromatic carbocycles. The van der Waals surface area contributed by atoms with E-state index in [9.17, 15) is 13.2 Å². The first kappa shape index (κ1) is 12.9. The third kappa shape index (κ3) is 2.62. The van der Waals surface area contributed by atoms with Gasteiger partial charge in [-0.05, 0) is 31.4 Å². The smallest absolute Gasteiger partial charge is 0.161 e. The lowest BCUT2D eigenvalue weighted by atomic mass is 9.94. The molecule has 1 N–H and O–H groups in total. The molecule has 2 fully saturated rings. The molecule has 104 valence electrons. The molecule has 5 heteroatoms. The first-order valence-electron chi connectivity index (χ1n) is 6.72. The largest absolute Gasteiger partial charge is 0.312 e. The van der Waals surface area contributed by atoms with Crippen molar-refractivity contribution in [2.75, 3.05) is 19.6 Å². The Hall–Kier alpha value is -1.07. The van der Waals surface area contributed by atoms with Crippen LogP contribution < -0.4 is 5.32 Å². The van der Waals surface area contributed by atoms with Crippen LogP contribution in [0.15, 0.2) is 12.1 Å². The van der Waals surface area contributed by atoms with Gasteiger partial charge in [0.1, 0.15) is 5.82 Å². The molecular weight excluding hydrogens is 253 g/mol. The van der Waals surface area contributed by atoms with E-state index in [1.165, 1.54) is 12.8 Å². The lowest BCUT2D eigenvalue weighted by molar-refractivity contribution is 0.306. The Kier molecular flexibility index (Phi) is 3.50. The van der Waals surface area contributed by atoms with Crippen molar-refractivity contribution in [2.45, 2.75) is 25.4 Å². The Balaban J connectivity index is 1.70. The Labute approximate surface area is 110 Å². The van der Waals surface area contributed by atoms with Crippen LogP contribution in [0.4, 0.5) is 13.2 Å². The Bertz CT molecular complexity index is 464. The van der Waals surface area contributed by atoms with Gasteiger partial charge in [-0.25, -0.2) is 13.2 Å². The average molecular weight is 270 g/mol. The fourth-order valence-electron chi connectivity index (χ4n) is 3.19. The highest BCUT2D eigenvalue weighted by Gasteiger charge is 2.34. The molecule has 0 amide bonds. The third-order valence-electron chi connectivity index (χ3n) is 4.16. The van der Waals surface area contributed by atoms with E-state index >= 15 is 0 Å². The minimum Gasteiger partial charge on any atom is -0.312 e. The normalized spacial score (nSPS) is 27.5. The van der Waals surface area contributed by atoms with Crippen LogP contribution in [0.5, 0.6) is 0 Å². The summed E-state index contributed by atoms with van der Waals surface area (Å²) >= 11 is 0. The van der Waals surface area contributed by atoms with E-state index < -0.39 is 17.5 Å². The maximum Gasteiger partial charge on any atom is 0.161 e. The molecule has 2 unspecified atom stereocenters. The Morgan fingerprint density at radius 2 is 1.89 bits per heavy atom. The zero-order valence-corrected chi connectivity index (χ0v) is 10.6. The summed E-state index contributed by atoms with van der Waals surface area (Å²) in [6.45, 7) is 3.13. The van der Waals surface area contributed by atoms with E-state index in [2.05, 4.69) is 10.2 Å². The van der Waals surface area contributed by atoms with Crippen LogP contribution in [0, 0.1) is 23.4 Å². The molecule has 2 nitrogen and oxygen atoms in total. The van der Waals surface area contributed by atoms with E-state index in [4.69, 9.17) is 0 Å². The number of piperidine rings is 1. The van der Waals surface area contributed by atoms with Crippen molar-refractivity contribution in [3.05, 3.63) is 35.1 Å². The lowest BCUT2D eigenvalue weighted by Gasteiger charge is -2.24. The zero-order chi connectivity index (χ0) is 13.4. The fraction of sp³-hybridized carbons (Fsp3) is 0.571. The van der Waals surface area contributed by atoms with Crippen molar-refractivity contribution in [3.63, 3.8) is 0 Å². The minimum absolute atomic E-state index is 0.234. The van der Waals surface area contributed by atoms with Gasteiger partial charge in [0.2, 0.25) is 0 Å². The van der Waals surface area contributed by atoms with Crippen LogP contribution in [-0.2, 0) is 6.54 Å². The molecule has 1 aromatic rings. The third-order valence-corrected chi connectivity index (χ3v) is 4.16. The summed E-state index contributed by atoms with van der Waals surface area (Å²) in [6.07, 6.45) is 2.36. The molecule has 0 bridgehead atoms. The van der Waals surface area contributed by atoms with Gasteiger partial charge in [0.05, 0.1) is 0 Å². The van der Waals surface area contributed by atoms with Crippen LogP contribution >= 0.6 is 0 Å². The highest BCUT2D eigenvalue weighted by atomic mass is 19.2. The zero-order valence-electron chi connectivity index (χ0n) is 10.6. The molecule has 0 saturated carbocycles. The van der Waals surface area contributed by atoms with E-state index in [-0.39, 0.29) is 5.56 Å². The molecule has 19 heavy (non-hydrogen) atoms. The second kappa shape index (κ2) is 5.13. The molecule has 3 rings (SSSR count). The maximum absolute atomic E-state index is 13.6. The van der Waals surface area contributed by atoms with Gasteiger partial charge >= 0.3 is 0 Å². The van der Waals surface area contributed by atoms with E-state index in [1.54, 1.807) is 0 Å². The minimum atomic E-state index is -1.13. The van der Waals surface area contributed by atoms with E-state index in [1.807, 2.05) is 0 Å². The molecule has 2 saturated heterocycles. The number of likely N-dealkylation sites (tertiary alicyclic amines) is 1. The Morgan fingerprint density at radius 1 is 1.11 bits per heavy atom. The molecule has 0 aliphatic carbocycles. The van der Waals surface area contributed by atoms with Crippen LogP contribution in [-0.4, -0.2) is 30.6 Å². The summed E-state index contributed by atoms with van der Waals surface area (Å²) in [5, 5.41) is 3.46. The van der Waals surface area contributed by atoms with Crippen molar-refractivity contribution in [1.82, 2.24) is 10.2 Å². The number of nitrogens with zero attached hydrogens (tertiary/aromatic N) is 1. The van der Waals surface area contributed by atoms with Gasteiger partial charge < -0.3 is 5.32 Å². The summed E-state index contributed by atoms with van der Waals surface area (Å²) < 4.78 is 39.6. The van der Waals surface area contributed by atoms with Crippen molar-refractivity contribution in [1.29, 1.82) is 0 Å². The van der Waals surface area contributed by atoms with Crippen molar-refractivity contribution < 1.29 is 13.2 Å². The topological polar surface area (TPSA) is 15.3 Å². The second-order valence-corrected chi connectivity index (χ2v) is 5.51. The number of fused-ring (bicyclic) bond motifs is 1. The number of hydrogen-bond donors (Lipinski definition) is 1. The number of halogens is 3. The second-order valence-electron chi connectivity index (χ2n) is 5.51. The van der Waals surface area contributed by atoms with Gasteiger partial charge in [-0.3, -0.25) is 4.90 Å². The van der Waals surface area contributed by atoms with Crippen molar-refractivity contribution in [3.8, 4) is 0 Å². The molecule has 0 aromatic heterocycles. The van der Waals surface area contributed by atoms with Crippen molar-refractivity contribution >= 4 is 0 Å². The predicted octanol–water partition coefficient (Wildman–Crippen LogP) is 2.29. The van der Waals surface area contributed by atoms with Gasteiger partial charge in [-0.1, -0.05) is 0 Å². The predicted molar refractivity (Wildman–Crippen MR) is 66.1 cm³/mol. The first-order valence-corrected chi connectivity index (χ1v) is 6.72. The summed E-state index contributed by atoms with van der Waals surface area (Å²) in [4.78, 5) is 2.11. The monoisotopic (exact) mass is 270 g/mol. The van der Waals surface area contributed by atoms with Gasteiger partial charge in [-0.15, -0.1) is 0 Å². The highest BCUT2D eigenvalue weighted by Crippen LogP contribution is 2.26. The Morgan fingerprint density at radius 3 is 2.68 bits per heavy atom. The van der Waals surface area contributed by atoms with Gasteiger partial charge in [0.25, 0.3) is 0 Å². The first-order chi connectivity index (χ1) is 9.13. The molecule has 0 radical (unpaired) electrons. The number of benzene rings is 1. The number of rotatable bonds is 2. The molecular formula is C14H17F3N2. The van der Waals surface area contributed by atoms with Gasteiger partial charge in [0, 0.05) is 37.3 Å². The lowest BCUT2D eigenvalue weighted by Crippen LogP contribution is -2.40. The van der Waals surface area contributed by atoms with Crippen LogP contribution in [0.1, 0.15) is 18.4 Å². The molecule has 2 aliphatic heterocycles. The molecule has 2 heterocycles. The van der Waals surface area contributed by atoms with Crippen LogP contribution in [0.3, 0.4) is 0 Å². The average Bonchev–Trinajstić information content (AvgIpc) is 2.78. The number of nitrogens with one attached hydrogen (secondary N) is 1. The highest BCUT2D eigenvalue weighted by molar-refractivity contribution is 5.20. The van der Waals surface area contributed by atoms with Crippen LogP contribution in [0.2, 0.25) is 0 Å². The van der Waals surface area contributed by atoms with E-state index in [0.29, 0.717) is 24.6 Å². The van der Waals surface area contributed by atoms with Crippen molar-refractivity contribution in [2.24, 2.45) is 5.92 Å².